The Hall–Kier alpha value is -3.13. The van der Waals surface area contributed by atoms with Gasteiger partial charge in [-0.1, -0.05) is 48.2 Å². The summed E-state index contributed by atoms with van der Waals surface area (Å²) in [4.78, 5) is 27.1. The Morgan fingerprint density at radius 2 is 1.96 bits per heavy atom. The molecular weight excluding hydrogens is 364 g/mol. The molecule has 138 valence electrons. The van der Waals surface area contributed by atoms with E-state index in [-0.39, 0.29) is 28.1 Å². The van der Waals surface area contributed by atoms with Crippen LogP contribution in [0.25, 0.3) is 11.3 Å². The Morgan fingerprint density at radius 3 is 2.67 bits per heavy atom. The molecule has 0 aliphatic rings. The maximum Gasteiger partial charge on any atom is 0.278 e. The number of aryl methyl sites for hydroxylation is 1. The van der Waals surface area contributed by atoms with Crippen molar-refractivity contribution in [2.45, 2.75) is 12.1 Å². The average molecular weight is 382 g/mol. The quantitative estimate of drug-likeness (QED) is 0.636. The SMILES string of the molecule is COc1ccc(C)cc1NC(=O)CSc1nnc(-c2ccccc2)c(=O)[nH]1. The monoisotopic (exact) mass is 382 g/mol. The minimum atomic E-state index is -0.348. The summed E-state index contributed by atoms with van der Waals surface area (Å²) >= 11 is 1.10. The molecule has 1 amide bonds. The number of carbonyl (C=O) groups is 1. The highest BCUT2D eigenvalue weighted by Gasteiger charge is 2.11. The third-order valence-electron chi connectivity index (χ3n) is 3.69. The lowest BCUT2D eigenvalue weighted by Gasteiger charge is -2.10. The summed E-state index contributed by atoms with van der Waals surface area (Å²) in [5.74, 6) is 0.421. The van der Waals surface area contributed by atoms with Crippen LogP contribution in [0.5, 0.6) is 5.75 Å². The second-order valence-electron chi connectivity index (χ2n) is 5.71. The molecular formula is C19H18N4O3S. The van der Waals surface area contributed by atoms with Crippen LogP contribution in [-0.4, -0.2) is 34.0 Å². The minimum absolute atomic E-state index is 0.0758. The van der Waals surface area contributed by atoms with Crippen molar-refractivity contribution in [3.8, 4) is 17.0 Å². The van der Waals surface area contributed by atoms with E-state index in [1.165, 1.54) is 0 Å². The molecule has 0 unspecified atom stereocenters. The summed E-state index contributed by atoms with van der Waals surface area (Å²) in [7, 11) is 1.55. The minimum Gasteiger partial charge on any atom is -0.495 e. The Balaban J connectivity index is 1.65. The summed E-state index contributed by atoms with van der Waals surface area (Å²) in [5.41, 5.74) is 2.19. The fourth-order valence-corrected chi connectivity index (χ4v) is 3.02. The molecule has 0 saturated heterocycles. The van der Waals surface area contributed by atoms with Crippen LogP contribution in [0, 0.1) is 6.92 Å². The predicted octanol–water partition coefficient (Wildman–Crippen LogP) is 2.88. The Morgan fingerprint density at radius 1 is 1.19 bits per heavy atom. The summed E-state index contributed by atoms with van der Waals surface area (Å²) in [6.45, 7) is 1.93. The predicted molar refractivity (Wildman–Crippen MR) is 105 cm³/mol. The van der Waals surface area contributed by atoms with Gasteiger partial charge in [0, 0.05) is 5.56 Å². The number of methoxy groups -OCH3 is 1. The molecule has 1 heterocycles. The Kier molecular flexibility index (Phi) is 5.87. The highest BCUT2D eigenvalue weighted by Crippen LogP contribution is 2.25. The molecule has 0 atom stereocenters. The highest BCUT2D eigenvalue weighted by atomic mass is 32.2. The van der Waals surface area contributed by atoms with E-state index < -0.39 is 0 Å². The van der Waals surface area contributed by atoms with Crippen molar-refractivity contribution in [1.82, 2.24) is 15.2 Å². The zero-order valence-corrected chi connectivity index (χ0v) is 15.7. The molecule has 2 aromatic carbocycles. The summed E-state index contributed by atoms with van der Waals surface area (Å²) in [5, 5.41) is 11.1. The van der Waals surface area contributed by atoms with Crippen molar-refractivity contribution in [3.05, 3.63) is 64.4 Å². The van der Waals surface area contributed by atoms with E-state index in [9.17, 15) is 9.59 Å². The third-order valence-corrected chi connectivity index (χ3v) is 4.56. The van der Waals surface area contributed by atoms with E-state index in [1.807, 2.05) is 37.3 Å². The number of ether oxygens (including phenoxy) is 1. The lowest BCUT2D eigenvalue weighted by molar-refractivity contribution is -0.113. The Bertz CT molecular complexity index is 1010. The van der Waals surface area contributed by atoms with Gasteiger partial charge < -0.3 is 10.1 Å². The number of hydrogen-bond donors (Lipinski definition) is 2. The van der Waals surface area contributed by atoms with Crippen LogP contribution < -0.4 is 15.6 Å². The fourth-order valence-electron chi connectivity index (χ4n) is 2.41. The first kappa shape index (κ1) is 18.7. The van der Waals surface area contributed by atoms with Gasteiger partial charge in [0.25, 0.3) is 5.56 Å². The molecule has 0 aliphatic carbocycles. The largest absolute Gasteiger partial charge is 0.495 e. The second kappa shape index (κ2) is 8.50. The Labute approximate surface area is 160 Å². The smallest absolute Gasteiger partial charge is 0.278 e. The molecule has 3 rings (SSSR count). The molecule has 2 N–H and O–H groups in total. The molecule has 0 radical (unpaired) electrons. The summed E-state index contributed by atoms with van der Waals surface area (Å²) in [6, 6.07) is 14.6. The van der Waals surface area contributed by atoms with E-state index in [1.54, 1.807) is 25.3 Å². The lowest BCUT2D eigenvalue weighted by Crippen LogP contribution is -2.17. The molecule has 0 saturated carbocycles. The second-order valence-corrected chi connectivity index (χ2v) is 6.68. The van der Waals surface area contributed by atoms with Crippen LogP contribution in [-0.2, 0) is 4.79 Å². The molecule has 1 aromatic heterocycles. The molecule has 0 spiro atoms. The molecule has 27 heavy (non-hydrogen) atoms. The topological polar surface area (TPSA) is 97.0 Å². The lowest BCUT2D eigenvalue weighted by atomic mass is 10.2. The number of rotatable bonds is 6. The van der Waals surface area contributed by atoms with E-state index in [4.69, 9.17) is 4.74 Å². The zero-order chi connectivity index (χ0) is 19.2. The molecule has 0 aliphatic heterocycles. The normalized spacial score (nSPS) is 10.4. The van der Waals surface area contributed by atoms with E-state index in [2.05, 4.69) is 20.5 Å². The van der Waals surface area contributed by atoms with Gasteiger partial charge >= 0.3 is 0 Å². The van der Waals surface area contributed by atoms with Crippen LogP contribution in [0.3, 0.4) is 0 Å². The average Bonchev–Trinajstić information content (AvgIpc) is 2.67. The van der Waals surface area contributed by atoms with Gasteiger partial charge in [0.2, 0.25) is 5.91 Å². The first-order valence-corrected chi connectivity index (χ1v) is 9.15. The number of nitrogens with zero attached hydrogens (tertiary/aromatic N) is 2. The summed E-state index contributed by atoms with van der Waals surface area (Å²) in [6.07, 6.45) is 0. The van der Waals surface area contributed by atoms with Crippen molar-refractivity contribution >= 4 is 23.4 Å². The number of thioether (sulfide) groups is 1. The number of benzene rings is 2. The fraction of sp³-hybridized carbons (Fsp3) is 0.158. The molecule has 3 aromatic rings. The molecule has 8 heteroatoms. The van der Waals surface area contributed by atoms with Gasteiger partial charge in [-0.25, -0.2) is 0 Å². The zero-order valence-electron chi connectivity index (χ0n) is 14.9. The number of carbonyl (C=O) groups excluding carboxylic acids is 1. The van der Waals surface area contributed by atoms with Gasteiger partial charge in [0.1, 0.15) is 5.75 Å². The van der Waals surface area contributed by atoms with Crippen LogP contribution in [0.1, 0.15) is 5.56 Å². The van der Waals surface area contributed by atoms with Crippen LogP contribution in [0.15, 0.2) is 58.5 Å². The molecule has 0 bridgehead atoms. The first-order chi connectivity index (χ1) is 13.1. The van der Waals surface area contributed by atoms with Crippen molar-refractivity contribution in [1.29, 1.82) is 0 Å². The molecule has 0 fully saturated rings. The van der Waals surface area contributed by atoms with Crippen LogP contribution in [0.4, 0.5) is 5.69 Å². The standard InChI is InChI=1S/C19H18N4O3S/c1-12-8-9-15(26-2)14(10-12)20-16(24)11-27-19-21-18(25)17(22-23-19)13-6-4-3-5-7-13/h3-10H,11H2,1-2H3,(H,20,24)(H,21,23,25). The number of amides is 1. The van der Waals surface area contributed by atoms with Gasteiger partial charge in [0.15, 0.2) is 10.9 Å². The van der Waals surface area contributed by atoms with Crippen LogP contribution >= 0.6 is 11.8 Å². The van der Waals surface area contributed by atoms with Crippen molar-refractivity contribution in [3.63, 3.8) is 0 Å². The van der Waals surface area contributed by atoms with Crippen molar-refractivity contribution < 1.29 is 9.53 Å². The van der Waals surface area contributed by atoms with Gasteiger partial charge in [-0.15, -0.1) is 10.2 Å². The van der Waals surface area contributed by atoms with E-state index in [0.717, 1.165) is 17.3 Å². The highest BCUT2D eigenvalue weighted by molar-refractivity contribution is 7.99. The number of aromatic nitrogens is 3. The van der Waals surface area contributed by atoms with E-state index in [0.29, 0.717) is 17.0 Å². The first-order valence-electron chi connectivity index (χ1n) is 8.16. The number of hydrogen-bond acceptors (Lipinski definition) is 6. The third kappa shape index (κ3) is 4.73. The van der Waals surface area contributed by atoms with Gasteiger partial charge in [-0.3, -0.25) is 14.6 Å². The molecule has 7 nitrogen and oxygen atoms in total. The van der Waals surface area contributed by atoms with Crippen LogP contribution in [0.2, 0.25) is 0 Å². The van der Waals surface area contributed by atoms with Gasteiger partial charge in [-0.2, -0.15) is 0 Å². The van der Waals surface area contributed by atoms with Crippen molar-refractivity contribution in [2.24, 2.45) is 0 Å². The van der Waals surface area contributed by atoms with E-state index >= 15 is 0 Å². The van der Waals surface area contributed by atoms with Crippen molar-refractivity contribution in [2.75, 3.05) is 18.2 Å². The van der Waals surface area contributed by atoms with Gasteiger partial charge in [-0.05, 0) is 24.6 Å². The number of nitrogens with one attached hydrogen (secondary N) is 2. The summed E-state index contributed by atoms with van der Waals surface area (Å²) < 4.78 is 5.24. The maximum absolute atomic E-state index is 12.2. The number of anilines is 1. The number of H-pyrrole nitrogens is 1. The maximum atomic E-state index is 12.2. The number of aromatic amines is 1. The van der Waals surface area contributed by atoms with Gasteiger partial charge in [0.05, 0.1) is 18.6 Å².